The van der Waals surface area contributed by atoms with Gasteiger partial charge in [-0.3, -0.25) is 9.79 Å². The topological polar surface area (TPSA) is 63.2 Å². The van der Waals surface area contributed by atoms with Crippen molar-refractivity contribution in [2.24, 2.45) is 10.9 Å². The molecule has 0 bridgehead atoms. The van der Waals surface area contributed by atoms with Crippen LogP contribution in [0.4, 0.5) is 0 Å². The fraction of sp³-hybridized carbons (Fsp3) is 0.619. The third kappa shape index (κ3) is 8.88. The van der Waals surface area contributed by atoms with Crippen molar-refractivity contribution in [3.05, 3.63) is 35.4 Å². The third-order valence-electron chi connectivity index (χ3n) is 5.07. The largest absolute Gasteiger partial charge is 0.356 e. The Kier molecular flexibility index (Phi) is 11.5. The van der Waals surface area contributed by atoms with E-state index >= 15 is 0 Å². The molecule has 0 radical (unpaired) electrons. The highest BCUT2D eigenvalue weighted by Gasteiger charge is 2.16. The molecule has 164 valence electrons. The molecular formula is C21H37IN6O. The summed E-state index contributed by atoms with van der Waals surface area (Å²) in [6, 6.07) is 7.70. The minimum atomic E-state index is 0. The van der Waals surface area contributed by atoms with Crippen molar-refractivity contribution in [1.82, 2.24) is 25.3 Å². The van der Waals surface area contributed by atoms with Crippen LogP contribution in [0.5, 0.6) is 0 Å². The molecule has 1 aromatic rings. The summed E-state index contributed by atoms with van der Waals surface area (Å²) in [4.78, 5) is 22.8. The van der Waals surface area contributed by atoms with Crippen molar-refractivity contribution in [3.8, 4) is 0 Å². The van der Waals surface area contributed by atoms with Crippen LogP contribution in [0, 0.1) is 5.92 Å². The Morgan fingerprint density at radius 3 is 2.31 bits per heavy atom. The van der Waals surface area contributed by atoms with Gasteiger partial charge in [0.2, 0.25) is 0 Å². The van der Waals surface area contributed by atoms with Gasteiger partial charge in [0.05, 0.1) is 0 Å². The maximum Gasteiger partial charge on any atom is 0.253 e. The molecule has 0 aliphatic carbocycles. The number of amides is 1. The molecule has 0 saturated carbocycles. The van der Waals surface area contributed by atoms with E-state index < -0.39 is 0 Å². The van der Waals surface area contributed by atoms with Gasteiger partial charge in [-0.15, -0.1) is 24.0 Å². The summed E-state index contributed by atoms with van der Waals surface area (Å²) in [7, 11) is 7.50. The van der Waals surface area contributed by atoms with Crippen LogP contribution in [0.15, 0.2) is 29.3 Å². The quantitative estimate of drug-likeness (QED) is 0.327. The van der Waals surface area contributed by atoms with E-state index in [-0.39, 0.29) is 29.9 Å². The van der Waals surface area contributed by atoms with Crippen molar-refractivity contribution >= 4 is 35.8 Å². The zero-order valence-electron chi connectivity index (χ0n) is 18.4. The fourth-order valence-corrected chi connectivity index (χ4v) is 3.24. The van der Waals surface area contributed by atoms with Crippen LogP contribution in [0.3, 0.4) is 0 Å². The lowest BCUT2D eigenvalue weighted by Crippen LogP contribution is -2.47. The van der Waals surface area contributed by atoms with Gasteiger partial charge in [-0.1, -0.05) is 19.1 Å². The van der Waals surface area contributed by atoms with E-state index in [2.05, 4.69) is 39.4 Å². The first kappa shape index (κ1) is 25.6. The molecule has 7 nitrogen and oxygen atoms in total. The minimum absolute atomic E-state index is 0. The van der Waals surface area contributed by atoms with Crippen molar-refractivity contribution in [1.29, 1.82) is 0 Å². The van der Waals surface area contributed by atoms with E-state index in [0.29, 0.717) is 18.0 Å². The number of hydrogen-bond donors (Lipinski definition) is 2. The van der Waals surface area contributed by atoms with Gasteiger partial charge in [-0.2, -0.15) is 0 Å². The number of carbonyl (C=O) groups is 1. The SMILES string of the molecule is CN=C(NCc1ccc(C(=O)N(C)C)cc1)NCC(C)CN1CCN(C)CC1.I. The second-order valence-corrected chi connectivity index (χ2v) is 7.91. The first-order valence-corrected chi connectivity index (χ1v) is 10.0. The molecule has 1 saturated heterocycles. The highest BCUT2D eigenvalue weighted by Crippen LogP contribution is 2.07. The first-order valence-electron chi connectivity index (χ1n) is 10.0. The van der Waals surface area contributed by atoms with E-state index in [0.717, 1.165) is 50.8 Å². The third-order valence-corrected chi connectivity index (χ3v) is 5.07. The first-order chi connectivity index (χ1) is 13.4. The predicted octanol–water partition coefficient (Wildman–Crippen LogP) is 1.55. The number of likely N-dealkylation sites (N-methyl/N-ethyl adjacent to an activating group) is 1. The summed E-state index contributed by atoms with van der Waals surface area (Å²) in [6.45, 7) is 9.56. The normalized spacial score (nSPS) is 16.7. The summed E-state index contributed by atoms with van der Waals surface area (Å²) < 4.78 is 0. The summed E-state index contributed by atoms with van der Waals surface area (Å²) in [5.74, 6) is 1.38. The molecule has 1 aromatic carbocycles. The summed E-state index contributed by atoms with van der Waals surface area (Å²) in [6.07, 6.45) is 0. The van der Waals surface area contributed by atoms with Crippen LogP contribution in [0.2, 0.25) is 0 Å². The van der Waals surface area contributed by atoms with Crippen LogP contribution < -0.4 is 10.6 Å². The second kappa shape index (κ2) is 13.0. The van der Waals surface area contributed by atoms with Crippen molar-refractivity contribution in [2.45, 2.75) is 13.5 Å². The highest BCUT2D eigenvalue weighted by molar-refractivity contribution is 14.0. The van der Waals surface area contributed by atoms with Gasteiger partial charge in [-0.25, -0.2) is 0 Å². The van der Waals surface area contributed by atoms with E-state index in [4.69, 9.17) is 0 Å². The number of guanidine groups is 1. The van der Waals surface area contributed by atoms with Crippen molar-refractivity contribution < 1.29 is 4.79 Å². The number of halogens is 1. The fourth-order valence-electron chi connectivity index (χ4n) is 3.24. The lowest BCUT2D eigenvalue weighted by atomic mass is 10.1. The Labute approximate surface area is 192 Å². The van der Waals surface area contributed by atoms with E-state index in [1.54, 1.807) is 26.0 Å². The van der Waals surface area contributed by atoms with Crippen molar-refractivity contribution in [3.63, 3.8) is 0 Å². The van der Waals surface area contributed by atoms with Gasteiger partial charge < -0.3 is 25.3 Å². The molecule has 29 heavy (non-hydrogen) atoms. The van der Waals surface area contributed by atoms with Gasteiger partial charge in [0.15, 0.2) is 5.96 Å². The molecule has 2 N–H and O–H groups in total. The molecule has 1 aliphatic rings. The highest BCUT2D eigenvalue weighted by atomic mass is 127. The smallest absolute Gasteiger partial charge is 0.253 e. The molecule has 2 rings (SSSR count). The van der Waals surface area contributed by atoms with Gasteiger partial charge in [-0.05, 0) is 30.7 Å². The molecule has 1 unspecified atom stereocenters. The number of piperazine rings is 1. The van der Waals surface area contributed by atoms with Crippen LogP contribution in [0.25, 0.3) is 0 Å². The molecule has 8 heteroatoms. The number of hydrogen-bond acceptors (Lipinski definition) is 4. The van der Waals surface area contributed by atoms with Crippen molar-refractivity contribution in [2.75, 3.05) is 67.5 Å². The molecular weight excluding hydrogens is 479 g/mol. The number of aliphatic imine (C=N–C) groups is 1. The molecule has 1 fully saturated rings. The Bertz CT molecular complexity index is 641. The van der Waals surface area contributed by atoms with Gasteiger partial charge in [0, 0.05) is 72.5 Å². The van der Waals surface area contributed by atoms with E-state index in [1.165, 1.54) is 0 Å². The van der Waals surface area contributed by atoms with Crippen LogP contribution in [-0.4, -0.2) is 94.0 Å². The molecule has 1 amide bonds. The number of nitrogens with one attached hydrogen (secondary N) is 2. The average molecular weight is 516 g/mol. The van der Waals surface area contributed by atoms with Gasteiger partial charge in [0.1, 0.15) is 0 Å². The molecule has 1 heterocycles. The standard InChI is InChI=1S/C21H36N6O.HI/c1-17(16-27-12-10-26(5)11-13-27)14-23-21(22-2)24-15-18-6-8-19(9-7-18)20(28)25(3)4;/h6-9,17H,10-16H2,1-5H3,(H2,22,23,24);1H. The maximum atomic E-state index is 12.0. The molecule has 1 aliphatic heterocycles. The molecule has 1 atom stereocenters. The maximum absolute atomic E-state index is 12.0. The van der Waals surface area contributed by atoms with Crippen LogP contribution in [-0.2, 0) is 6.54 Å². The van der Waals surface area contributed by atoms with E-state index in [9.17, 15) is 4.79 Å². The lowest BCUT2D eigenvalue weighted by molar-refractivity contribution is 0.0827. The van der Waals surface area contributed by atoms with Crippen LogP contribution >= 0.6 is 24.0 Å². The summed E-state index contributed by atoms with van der Waals surface area (Å²) in [5.41, 5.74) is 1.82. The second-order valence-electron chi connectivity index (χ2n) is 7.91. The Morgan fingerprint density at radius 1 is 1.14 bits per heavy atom. The average Bonchev–Trinajstić information content (AvgIpc) is 2.69. The summed E-state index contributed by atoms with van der Waals surface area (Å²) >= 11 is 0. The number of rotatable bonds is 7. The zero-order chi connectivity index (χ0) is 20.5. The zero-order valence-corrected chi connectivity index (χ0v) is 20.8. The number of nitrogens with zero attached hydrogens (tertiary/aromatic N) is 4. The van der Waals surface area contributed by atoms with E-state index in [1.807, 2.05) is 24.3 Å². The molecule has 0 aromatic heterocycles. The molecule has 0 spiro atoms. The Morgan fingerprint density at radius 2 is 1.76 bits per heavy atom. The Balaban J connectivity index is 0.00000420. The van der Waals surface area contributed by atoms with Gasteiger partial charge >= 0.3 is 0 Å². The number of benzene rings is 1. The lowest BCUT2D eigenvalue weighted by Gasteiger charge is -2.34. The van der Waals surface area contributed by atoms with Gasteiger partial charge in [0.25, 0.3) is 5.91 Å². The predicted molar refractivity (Wildman–Crippen MR) is 131 cm³/mol. The minimum Gasteiger partial charge on any atom is -0.356 e. The summed E-state index contributed by atoms with van der Waals surface area (Å²) in [5, 5.41) is 6.77. The Hall–Kier alpha value is -1.39. The monoisotopic (exact) mass is 516 g/mol. The van der Waals surface area contributed by atoms with Crippen LogP contribution in [0.1, 0.15) is 22.8 Å². The number of carbonyl (C=O) groups excluding carboxylic acids is 1.